The van der Waals surface area contributed by atoms with Crippen molar-refractivity contribution >= 4 is 29.7 Å². The van der Waals surface area contributed by atoms with Crippen LogP contribution in [0.3, 0.4) is 0 Å². The number of alkyl halides is 3. The summed E-state index contributed by atoms with van der Waals surface area (Å²) in [4.78, 5) is 27.9. The number of carbonyl (C=O) groups is 2. The zero-order valence-electron chi connectivity index (χ0n) is 18.2. The molecule has 3 rings (SSSR count). The number of carbonyl (C=O) groups excluding carboxylic acids is 2. The summed E-state index contributed by atoms with van der Waals surface area (Å²) in [5.74, 6) is -0.318. The van der Waals surface area contributed by atoms with Crippen LogP contribution in [0.2, 0.25) is 0 Å². The van der Waals surface area contributed by atoms with Crippen molar-refractivity contribution in [3.05, 3.63) is 64.7 Å². The van der Waals surface area contributed by atoms with Crippen molar-refractivity contribution in [3.63, 3.8) is 0 Å². The number of amides is 2. The lowest BCUT2D eigenvalue weighted by molar-refractivity contribution is -0.139. The Kier molecular flexibility index (Phi) is 7.33. The van der Waals surface area contributed by atoms with Gasteiger partial charge in [-0.1, -0.05) is 23.9 Å². The first-order chi connectivity index (χ1) is 15.0. The lowest BCUT2D eigenvalue weighted by Gasteiger charge is -2.33. The fourth-order valence-corrected chi connectivity index (χ4v) is 4.76. The molecule has 0 radical (unpaired) electrons. The maximum Gasteiger partial charge on any atom is 0.417 e. The van der Waals surface area contributed by atoms with Gasteiger partial charge in [-0.25, -0.2) is 0 Å². The van der Waals surface area contributed by atoms with E-state index in [1.165, 1.54) is 25.1 Å². The van der Waals surface area contributed by atoms with Gasteiger partial charge in [0, 0.05) is 49.0 Å². The van der Waals surface area contributed by atoms with E-state index in [-0.39, 0.29) is 16.7 Å². The van der Waals surface area contributed by atoms with Gasteiger partial charge in [0.05, 0.1) is 5.56 Å². The molecular formula is C24H25F3N2O2S. The standard InChI is InChI=1S/C24H25F3N2O2S/c1-16-12-17(2)14-20(13-16)32-22-6-4-19(15-21(22)24(25,26)27)5-7-23(31)29-10-8-28(9-11-29)18(3)30/h4-7,12-15H,8-11H2,1-3H3/b7-5+. The van der Waals surface area contributed by atoms with Crippen LogP contribution < -0.4 is 0 Å². The normalized spacial score (nSPS) is 14.8. The summed E-state index contributed by atoms with van der Waals surface area (Å²) >= 11 is 1.08. The molecule has 1 heterocycles. The third-order valence-electron chi connectivity index (χ3n) is 5.19. The van der Waals surface area contributed by atoms with Gasteiger partial charge in [-0.05, 0) is 60.9 Å². The van der Waals surface area contributed by atoms with Crippen LogP contribution in [0.1, 0.15) is 29.2 Å². The Balaban J connectivity index is 1.76. The van der Waals surface area contributed by atoms with Crippen molar-refractivity contribution in [1.82, 2.24) is 9.80 Å². The van der Waals surface area contributed by atoms with Gasteiger partial charge in [0.1, 0.15) is 0 Å². The molecule has 0 atom stereocenters. The van der Waals surface area contributed by atoms with Gasteiger partial charge in [0.15, 0.2) is 0 Å². The van der Waals surface area contributed by atoms with Gasteiger partial charge in [-0.2, -0.15) is 13.2 Å². The van der Waals surface area contributed by atoms with E-state index in [1.807, 2.05) is 32.0 Å². The molecule has 8 heteroatoms. The van der Waals surface area contributed by atoms with E-state index in [9.17, 15) is 22.8 Å². The molecule has 32 heavy (non-hydrogen) atoms. The average molecular weight is 463 g/mol. The zero-order valence-corrected chi connectivity index (χ0v) is 19.0. The van der Waals surface area contributed by atoms with Crippen LogP contribution in [-0.2, 0) is 15.8 Å². The van der Waals surface area contributed by atoms with Crippen LogP contribution in [0.4, 0.5) is 13.2 Å². The Morgan fingerprint density at radius 3 is 2.09 bits per heavy atom. The molecule has 0 saturated carbocycles. The monoisotopic (exact) mass is 462 g/mol. The maximum absolute atomic E-state index is 13.7. The molecule has 0 bridgehead atoms. The molecule has 2 amide bonds. The van der Waals surface area contributed by atoms with E-state index >= 15 is 0 Å². The van der Waals surface area contributed by atoms with Crippen molar-refractivity contribution < 1.29 is 22.8 Å². The molecule has 1 fully saturated rings. The van der Waals surface area contributed by atoms with Crippen LogP contribution in [0.25, 0.3) is 6.08 Å². The summed E-state index contributed by atoms with van der Waals surface area (Å²) in [6, 6.07) is 9.78. The molecule has 0 unspecified atom stereocenters. The number of aryl methyl sites for hydroxylation is 2. The smallest absolute Gasteiger partial charge is 0.339 e. The van der Waals surface area contributed by atoms with Gasteiger partial charge in [0.25, 0.3) is 0 Å². The van der Waals surface area contributed by atoms with E-state index in [2.05, 4.69) is 0 Å². The van der Waals surface area contributed by atoms with Crippen LogP contribution >= 0.6 is 11.8 Å². The summed E-state index contributed by atoms with van der Waals surface area (Å²) in [5.41, 5.74) is 1.55. The lowest BCUT2D eigenvalue weighted by atomic mass is 10.1. The molecule has 1 aliphatic heterocycles. The Morgan fingerprint density at radius 2 is 1.53 bits per heavy atom. The van der Waals surface area contributed by atoms with E-state index in [1.54, 1.807) is 15.9 Å². The predicted octanol–water partition coefficient (Wildman–Crippen LogP) is 5.18. The first-order valence-electron chi connectivity index (χ1n) is 10.2. The molecule has 4 nitrogen and oxygen atoms in total. The van der Waals surface area contributed by atoms with Gasteiger partial charge < -0.3 is 9.80 Å². The number of halogens is 3. The predicted molar refractivity (Wildman–Crippen MR) is 119 cm³/mol. The van der Waals surface area contributed by atoms with Crippen molar-refractivity contribution in [3.8, 4) is 0 Å². The molecule has 1 saturated heterocycles. The highest BCUT2D eigenvalue weighted by Crippen LogP contribution is 2.40. The molecule has 0 aromatic heterocycles. The minimum absolute atomic E-state index is 0.0360. The minimum Gasteiger partial charge on any atom is -0.339 e. The van der Waals surface area contributed by atoms with Crippen molar-refractivity contribution in [2.75, 3.05) is 26.2 Å². The molecule has 0 aliphatic carbocycles. The fourth-order valence-electron chi connectivity index (χ4n) is 3.60. The Bertz CT molecular complexity index is 1020. The largest absolute Gasteiger partial charge is 0.417 e. The van der Waals surface area contributed by atoms with Crippen LogP contribution in [-0.4, -0.2) is 47.8 Å². The molecule has 170 valence electrons. The Labute approximate surface area is 190 Å². The summed E-state index contributed by atoms with van der Waals surface area (Å²) in [6.45, 7) is 7.02. The SMILES string of the molecule is CC(=O)N1CCN(C(=O)/C=C/c2ccc(Sc3cc(C)cc(C)c3)c(C(F)(F)F)c2)CC1. The minimum atomic E-state index is -4.52. The molecule has 0 N–H and O–H groups in total. The van der Waals surface area contributed by atoms with Crippen LogP contribution in [0.15, 0.2) is 52.3 Å². The molecule has 1 aliphatic rings. The number of nitrogens with zero attached hydrogens (tertiary/aromatic N) is 2. The summed E-state index contributed by atoms with van der Waals surface area (Å²) in [5, 5.41) is 0. The first-order valence-corrected chi connectivity index (χ1v) is 11.0. The quantitative estimate of drug-likeness (QED) is 0.588. The highest BCUT2D eigenvalue weighted by Gasteiger charge is 2.34. The highest BCUT2D eigenvalue weighted by atomic mass is 32.2. The second kappa shape index (κ2) is 9.81. The number of rotatable bonds is 4. The fraction of sp³-hybridized carbons (Fsp3) is 0.333. The van der Waals surface area contributed by atoms with Gasteiger partial charge in [0.2, 0.25) is 11.8 Å². The molecule has 2 aromatic carbocycles. The summed E-state index contributed by atoms with van der Waals surface area (Å²) in [7, 11) is 0. The number of hydrogen-bond donors (Lipinski definition) is 0. The second-order valence-electron chi connectivity index (χ2n) is 7.84. The van der Waals surface area contributed by atoms with Gasteiger partial charge >= 0.3 is 6.18 Å². The molecular weight excluding hydrogens is 437 g/mol. The molecule has 2 aromatic rings. The second-order valence-corrected chi connectivity index (χ2v) is 8.96. The van der Waals surface area contributed by atoms with Gasteiger partial charge in [-0.15, -0.1) is 0 Å². The summed E-state index contributed by atoms with van der Waals surface area (Å²) in [6.07, 6.45) is -1.83. The number of benzene rings is 2. The van der Waals surface area contributed by atoms with E-state index in [0.29, 0.717) is 31.7 Å². The van der Waals surface area contributed by atoms with Gasteiger partial charge in [-0.3, -0.25) is 9.59 Å². The maximum atomic E-state index is 13.7. The Hall–Kier alpha value is -2.74. The van der Waals surface area contributed by atoms with Crippen molar-refractivity contribution in [2.45, 2.75) is 36.7 Å². The van der Waals surface area contributed by atoms with Crippen molar-refractivity contribution in [1.29, 1.82) is 0 Å². The Morgan fingerprint density at radius 1 is 0.938 bits per heavy atom. The highest BCUT2D eigenvalue weighted by molar-refractivity contribution is 7.99. The number of piperazine rings is 1. The summed E-state index contributed by atoms with van der Waals surface area (Å²) < 4.78 is 41.2. The van der Waals surface area contributed by atoms with E-state index in [0.717, 1.165) is 33.9 Å². The van der Waals surface area contributed by atoms with Crippen LogP contribution in [0.5, 0.6) is 0 Å². The average Bonchev–Trinajstić information content (AvgIpc) is 2.71. The van der Waals surface area contributed by atoms with Crippen molar-refractivity contribution in [2.24, 2.45) is 0 Å². The topological polar surface area (TPSA) is 40.6 Å². The van der Waals surface area contributed by atoms with Crippen LogP contribution in [0, 0.1) is 13.8 Å². The number of hydrogen-bond acceptors (Lipinski definition) is 3. The third-order valence-corrected chi connectivity index (χ3v) is 6.23. The zero-order chi connectivity index (χ0) is 23.5. The molecule has 0 spiro atoms. The third kappa shape index (κ3) is 6.16. The van der Waals surface area contributed by atoms with E-state index < -0.39 is 11.7 Å². The van der Waals surface area contributed by atoms with E-state index in [4.69, 9.17) is 0 Å². The lowest BCUT2D eigenvalue weighted by Crippen LogP contribution is -2.49. The first kappa shape index (κ1) is 23.9.